The number of benzene rings is 2. The van der Waals surface area contributed by atoms with Crippen molar-refractivity contribution < 1.29 is 21.6 Å². The number of rotatable bonds is 6. The van der Waals surface area contributed by atoms with E-state index < -0.39 is 25.8 Å². The molecule has 2 aromatic carbocycles. The first kappa shape index (κ1) is 20.9. The van der Waals surface area contributed by atoms with Crippen LogP contribution in [0.25, 0.3) is 0 Å². The number of nitrogens with zero attached hydrogens (tertiary/aromatic N) is 2. The van der Waals surface area contributed by atoms with E-state index in [1.165, 1.54) is 36.2 Å². The van der Waals surface area contributed by atoms with E-state index >= 15 is 0 Å². The van der Waals surface area contributed by atoms with Gasteiger partial charge in [-0.3, -0.25) is 9.10 Å². The van der Waals surface area contributed by atoms with Gasteiger partial charge in [0, 0.05) is 19.0 Å². The van der Waals surface area contributed by atoms with Crippen molar-refractivity contribution in [3.8, 4) is 0 Å². The molecule has 27 heavy (non-hydrogen) atoms. The highest BCUT2D eigenvalue weighted by atomic mass is 32.2. The van der Waals surface area contributed by atoms with Crippen LogP contribution in [0.5, 0.6) is 0 Å². The van der Waals surface area contributed by atoms with E-state index in [1.807, 2.05) is 0 Å². The molecule has 0 bridgehead atoms. The summed E-state index contributed by atoms with van der Waals surface area (Å²) in [5.41, 5.74) is 1.63. The normalized spacial score (nSPS) is 11.9. The number of hydrogen-bond donors (Lipinski definition) is 0. The third-order valence-corrected chi connectivity index (χ3v) is 6.34. The third-order valence-electron chi connectivity index (χ3n) is 4.09. The van der Waals surface area contributed by atoms with Crippen LogP contribution in [0.2, 0.25) is 0 Å². The number of aryl methyl sites for hydroxylation is 1. The Morgan fingerprint density at radius 1 is 0.926 bits per heavy atom. The number of likely N-dealkylation sites (N-methyl/N-ethyl adjacent to an activating group) is 1. The van der Waals surface area contributed by atoms with Gasteiger partial charge in [-0.15, -0.1) is 0 Å². The SMILES string of the molecule is Cc1ccccc1N(CC(=O)N(C)c1ccc(S(C)(=O)=O)cc1)S(C)(=O)=O. The second-order valence-corrected chi connectivity index (χ2v) is 10.2. The second-order valence-electron chi connectivity index (χ2n) is 6.27. The zero-order valence-corrected chi connectivity index (χ0v) is 17.2. The van der Waals surface area contributed by atoms with Crippen LogP contribution in [0.3, 0.4) is 0 Å². The van der Waals surface area contributed by atoms with Gasteiger partial charge in [0.1, 0.15) is 6.54 Å². The molecule has 0 N–H and O–H groups in total. The Labute approximate surface area is 160 Å². The van der Waals surface area contributed by atoms with Crippen molar-refractivity contribution in [1.82, 2.24) is 0 Å². The van der Waals surface area contributed by atoms with Crippen LogP contribution in [0.4, 0.5) is 11.4 Å². The van der Waals surface area contributed by atoms with Gasteiger partial charge in [0.2, 0.25) is 15.9 Å². The highest BCUT2D eigenvalue weighted by Gasteiger charge is 2.24. The van der Waals surface area contributed by atoms with Crippen LogP contribution < -0.4 is 9.21 Å². The molecule has 0 heterocycles. The predicted octanol–water partition coefficient (Wildman–Crippen LogP) is 1.83. The van der Waals surface area contributed by atoms with E-state index in [2.05, 4.69) is 0 Å². The average molecular weight is 411 g/mol. The maximum Gasteiger partial charge on any atom is 0.247 e. The first-order chi connectivity index (χ1) is 12.4. The van der Waals surface area contributed by atoms with Crippen LogP contribution in [0, 0.1) is 6.92 Å². The minimum atomic E-state index is -3.67. The van der Waals surface area contributed by atoms with E-state index in [1.54, 1.807) is 31.2 Å². The molecule has 146 valence electrons. The minimum absolute atomic E-state index is 0.143. The monoisotopic (exact) mass is 410 g/mol. The van der Waals surface area contributed by atoms with Gasteiger partial charge in [-0.05, 0) is 42.8 Å². The number of sulfone groups is 1. The second kappa shape index (κ2) is 7.69. The molecule has 0 aliphatic heterocycles. The fraction of sp³-hybridized carbons (Fsp3) is 0.278. The van der Waals surface area contributed by atoms with Gasteiger partial charge < -0.3 is 4.90 Å². The molecule has 0 spiro atoms. The summed E-state index contributed by atoms with van der Waals surface area (Å²) < 4.78 is 48.6. The molecule has 0 unspecified atom stereocenters. The zero-order chi connectivity index (χ0) is 20.4. The van der Waals surface area contributed by atoms with E-state index in [-0.39, 0.29) is 11.4 Å². The Morgan fingerprint density at radius 2 is 1.48 bits per heavy atom. The Bertz CT molecular complexity index is 1050. The van der Waals surface area contributed by atoms with Crippen molar-refractivity contribution >= 4 is 37.1 Å². The standard InChI is InChI=1S/C18H22N2O5S2/c1-14-7-5-6-8-17(14)20(27(4,24)25)13-18(21)19(2)15-9-11-16(12-10-15)26(3,22)23/h5-12H,13H2,1-4H3. The van der Waals surface area contributed by atoms with Crippen LogP contribution in [0.15, 0.2) is 53.4 Å². The average Bonchev–Trinajstić information content (AvgIpc) is 2.58. The molecule has 0 aliphatic rings. The van der Waals surface area contributed by atoms with Crippen LogP contribution in [0.1, 0.15) is 5.56 Å². The van der Waals surface area contributed by atoms with Crippen LogP contribution in [-0.2, 0) is 24.7 Å². The van der Waals surface area contributed by atoms with Crippen LogP contribution in [-0.4, -0.2) is 48.8 Å². The summed E-state index contributed by atoms with van der Waals surface area (Å²) in [6.07, 6.45) is 2.15. The fourth-order valence-electron chi connectivity index (χ4n) is 2.51. The number of sulfonamides is 1. The number of anilines is 2. The fourth-order valence-corrected chi connectivity index (χ4v) is 4.05. The van der Waals surface area contributed by atoms with E-state index in [9.17, 15) is 21.6 Å². The minimum Gasteiger partial charge on any atom is -0.314 e. The number of para-hydroxylation sites is 1. The van der Waals surface area contributed by atoms with Gasteiger partial charge in [0.15, 0.2) is 9.84 Å². The van der Waals surface area contributed by atoms with E-state index in [4.69, 9.17) is 0 Å². The van der Waals surface area contributed by atoms with Crippen molar-refractivity contribution in [1.29, 1.82) is 0 Å². The summed E-state index contributed by atoms with van der Waals surface area (Å²) in [5, 5.41) is 0. The maximum absolute atomic E-state index is 12.7. The van der Waals surface area contributed by atoms with Crippen molar-refractivity contribution in [3.05, 3.63) is 54.1 Å². The van der Waals surface area contributed by atoms with Crippen LogP contribution >= 0.6 is 0 Å². The van der Waals surface area contributed by atoms with E-state index in [0.717, 1.165) is 22.4 Å². The Kier molecular flexibility index (Phi) is 5.96. The summed E-state index contributed by atoms with van der Waals surface area (Å²) in [6.45, 7) is 1.40. The smallest absolute Gasteiger partial charge is 0.247 e. The maximum atomic E-state index is 12.7. The summed E-state index contributed by atoms with van der Waals surface area (Å²) >= 11 is 0. The van der Waals surface area contributed by atoms with Gasteiger partial charge in [-0.2, -0.15) is 0 Å². The molecule has 0 saturated heterocycles. The zero-order valence-electron chi connectivity index (χ0n) is 15.6. The molecule has 1 amide bonds. The molecule has 0 fully saturated rings. The van der Waals surface area contributed by atoms with Gasteiger partial charge in [-0.25, -0.2) is 16.8 Å². The lowest BCUT2D eigenvalue weighted by atomic mass is 10.2. The predicted molar refractivity (Wildman–Crippen MR) is 106 cm³/mol. The van der Waals surface area contributed by atoms with E-state index in [0.29, 0.717) is 11.4 Å². The molecular formula is C18H22N2O5S2. The highest BCUT2D eigenvalue weighted by Crippen LogP contribution is 2.23. The molecule has 2 rings (SSSR count). The Hall–Kier alpha value is -2.39. The van der Waals surface area contributed by atoms with Crippen molar-refractivity contribution in [2.45, 2.75) is 11.8 Å². The lowest BCUT2D eigenvalue weighted by Crippen LogP contribution is -2.41. The number of amides is 1. The van der Waals surface area contributed by atoms with Gasteiger partial charge in [0.05, 0.1) is 16.8 Å². The lowest BCUT2D eigenvalue weighted by Gasteiger charge is -2.26. The molecule has 0 atom stereocenters. The highest BCUT2D eigenvalue weighted by molar-refractivity contribution is 7.92. The van der Waals surface area contributed by atoms with Crippen molar-refractivity contribution in [2.24, 2.45) is 0 Å². The first-order valence-corrected chi connectivity index (χ1v) is 11.8. The molecule has 0 radical (unpaired) electrons. The Balaban J connectivity index is 2.29. The third kappa shape index (κ3) is 5.08. The summed E-state index contributed by atoms with van der Waals surface area (Å²) in [6, 6.07) is 12.7. The van der Waals surface area contributed by atoms with Gasteiger partial charge in [-0.1, -0.05) is 18.2 Å². The lowest BCUT2D eigenvalue weighted by molar-refractivity contribution is -0.116. The first-order valence-electron chi connectivity index (χ1n) is 8.01. The number of hydrogen-bond acceptors (Lipinski definition) is 5. The summed E-state index contributed by atoms with van der Waals surface area (Å²) in [5.74, 6) is -0.448. The molecule has 7 nitrogen and oxygen atoms in total. The summed E-state index contributed by atoms with van der Waals surface area (Å²) in [4.78, 5) is 14.1. The molecule has 2 aromatic rings. The molecule has 0 saturated carbocycles. The quantitative estimate of drug-likeness (QED) is 0.724. The summed E-state index contributed by atoms with van der Waals surface area (Å²) in [7, 11) is -5.50. The molecular weight excluding hydrogens is 388 g/mol. The molecule has 0 aliphatic carbocycles. The number of carbonyl (C=O) groups is 1. The molecule has 0 aromatic heterocycles. The number of carbonyl (C=O) groups excluding carboxylic acids is 1. The van der Waals surface area contributed by atoms with Gasteiger partial charge in [0.25, 0.3) is 0 Å². The van der Waals surface area contributed by atoms with Crippen molar-refractivity contribution in [3.63, 3.8) is 0 Å². The largest absolute Gasteiger partial charge is 0.314 e. The van der Waals surface area contributed by atoms with Gasteiger partial charge >= 0.3 is 0 Å². The Morgan fingerprint density at radius 3 is 1.96 bits per heavy atom. The topological polar surface area (TPSA) is 91.8 Å². The van der Waals surface area contributed by atoms with Crippen molar-refractivity contribution in [2.75, 3.05) is 35.3 Å². The molecule has 9 heteroatoms.